The van der Waals surface area contributed by atoms with E-state index < -0.39 is 0 Å². The van der Waals surface area contributed by atoms with Crippen LogP contribution < -0.4 is 5.32 Å². The largest absolute Gasteiger partial charge is 0.381 e. The van der Waals surface area contributed by atoms with Crippen LogP contribution in [0.4, 0.5) is 0 Å². The molecule has 2 fully saturated rings. The van der Waals surface area contributed by atoms with E-state index in [9.17, 15) is 0 Å². The molecule has 2 unspecified atom stereocenters. The first-order chi connectivity index (χ1) is 11.3. The molecule has 0 radical (unpaired) electrons. The summed E-state index contributed by atoms with van der Waals surface area (Å²) in [6.07, 6.45) is 3.25. The second-order valence-corrected chi connectivity index (χ2v) is 6.50. The minimum atomic E-state index is 0. The van der Waals surface area contributed by atoms with Crippen LogP contribution in [0.25, 0.3) is 0 Å². The van der Waals surface area contributed by atoms with E-state index in [0.717, 1.165) is 84.5 Å². The monoisotopic (exact) mass is 455 g/mol. The Morgan fingerprint density at radius 1 is 1.21 bits per heavy atom. The van der Waals surface area contributed by atoms with Gasteiger partial charge in [0.05, 0.1) is 19.8 Å². The first kappa shape index (κ1) is 21.9. The highest BCUT2D eigenvalue weighted by molar-refractivity contribution is 14.0. The molecule has 0 spiro atoms. The Hall–Kier alpha value is -0.120. The van der Waals surface area contributed by atoms with Crippen molar-refractivity contribution in [2.24, 2.45) is 16.8 Å². The smallest absolute Gasteiger partial charge is 0.193 e. The van der Waals surface area contributed by atoms with E-state index in [1.54, 1.807) is 0 Å². The fourth-order valence-electron chi connectivity index (χ4n) is 2.99. The average molecular weight is 455 g/mol. The molecule has 2 aliphatic rings. The van der Waals surface area contributed by atoms with Crippen molar-refractivity contribution in [2.75, 3.05) is 66.3 Å². The lowest BCUT2D eigenvalue weighted by molar-refractivity contribution is 0.0893. The van der Waals surface area contributed by atoms with E-state index in [2.05, 4.69) is 24.2 Å². The van der Waals surface area contributed by atoms with Crippen molar-refractivity contribution in [1.29, 1.82) is 0 Å². The third-order valence-corrected chi connectivity index (χ3v) is 4.34. The van der Waals surface area contributed by atoms with Crippen LogP contribution in [0.5, 0.6) is 0 Å². The van der Waals surface area contributed by atoms with Gasteiger partial charge in [0.2, 0.25) is 0 Å². The van der Waals surface area contributed by atoms with Gasteiger partial charge < -0.3 is 24.4 Å². The van der Waals surface area contributed by atoms with Crippen molar-refractivity contribution in [3.63, 3.8) is 0 Å². The van der Waals surface area contributed by atoms with Gasteiger partial charge in [0, 0.05) is 58.3 Å². The number of guanidine groups is 1. The summed E-state index contributed by atoms with van der Waals surface area (Å²) in [5.41, 5.74) is 0. The summed E-state index contributed by atoms with van der Waals surface area (Å²) in [4.78, 5) is 6.93. The van der Waals surface area contributed by atoms with Crippen LogP contribution in [0, 0.1) is 11.8 Å². The molecule has 0 bridgehead atoms. The van der Waals surface area contributed by atoms with Crippen LogP contribution in [0.1, 0.15) is 26.2 Å². The third kappa shape index (κ3) is 8.31. The van der Waals surface area contributed by atoms with E-state index in [0.29, 0.717) is 11.8 Å². The van der Waals surface area contributed by atoms with Crippen LogP contribution in [0.3, 0.4) is 0 Å². The van der Waals surface area contributed by atoms with Gasteiger partial charge in [-0.25, -0.2) is 0 Å². The Labute approximate surface area is 163 Å². The van der Waals surface area contributed by atoms with Crippen LogP contribution in [-0.2, 0) is 14.2 Å². The first-order valence-electron chi connectivity index (χ1n) is 9.02. The van der Waals surface area contributed by atoms with Gasteiger partial charge in [-0.05, 0) is 26.2 Å². The van der Waals surface area contributed by atoms with Crippen LogP contribution in [0.2, 0.25) is 0 Å². The Morgan fingerprint density at radius 2 is 1.92 bits per heavy atom. The Balaban J connectivity index is 0.00000288. The van der Waals surface area contributed by atoms with Gasteiger partial charge in [-0.15, -0.1) is 24.0 Å². The van der Waals surface area contributed by atoms with Crippen LogP contribution in [-0.4, -0.2) is 77.2 Å². The zero-order valence-electron chi connectivity index (χ0n) is 15.2. The van der Waals surface area contributed by atoms with Crippen molar-refractivity contribution in [3.8, 4) is 0 Å². The molecule has 0 saturated carbocycles. The highest BCUT2D eigenvalue weighted by Crippen LogP contribution is 2.13. The molecular formula is C17H34IN3O3. The highest BCUT2D eigenvalue weighted by atomic mass is 127. The number of nitrogens with one attached hydrogen (secondary N) is 1. The van der Waals surface area contributed by atoms with Gasteiger partial charge in [-0.3, -0.25) is 4.99 Å². The van der Waals surface area contributed by atoms with E-state index in [1.165, 1.54) is 0 Å². The molecule has 24 heavy (non-hydrogen) atoms. The van der Waals surface area contributed by atoms with Crippen LogP contribution in [0.15, 0.2) is 4.99 Å². The summed E-state index contributed by atoms with van der Waals surface area (Å²) in [5.74, 6) is 2.21. The van der Waals surface area contributed by atoms with Gasteiger partial charge >= 0.3 is 0 Å². The second kappa shape index (κ2) is 13.1. The van der Waals surface area contributed by atoms with Crippen molar-refractivity contribution in [1.82, 2.24) is 10.2 Å². The van der Waals surface area contributed by atoms with Crippen molar-refractivity contribution in [2.45, 2.75) is 26.2 Å². The predicted molar refractivity (Wildman–Crippen MR) is 107 cm³/mol. The minimum absolute atomic E-state index is 0. The van der Waals surface area contributed by atoms with Crippen molar-refractivity contribution in [3.05, 3.63) is 0 Å². The minimum Gasteiger partial charge on any atom is -0.381 e. The summed E-state index contributed by atoms with van der Waals surface area (Å²) in [7, 11) is 2.11. The lowest BCUT2D eigenvalue weighted by Crippen LogP contribution is -2.41. The molecule has 7 heteroatoms. The molecule has 0 aromatic rings. The fourth-order valence-corrected chi connectivity index (χ4v) is 2.99. The van der Waals surface area contributed by atoms with Crippen molar-refractivity contribution < 1.29 is 14.2 Å². The molecule has 2 aliphatic heterocycles. The van der Waals surface area contributed by atoms with E-state index in [1.807, 2.05) is 0 Å². The van der Waals surface area contributed by atoms with Gasteiger partial charge in [-0.1, -0.05) is 0 Å². The molecule has 0 aromatic heterocycles. The molecule has 1 N–H and O–H groups in total. The highest BCUT2D eigenvalue weighted by Gasteiger charge is 2.19. The van der Waals surface area contributed by atoms with E-state index in [4.69, 9.17) is 19.2 Å². The molecule has 2 rings (SSSR count). The van der Waals surface area contributed by atoms with Crippen LogP contribution >= 0.6 is 24.0 Å². The van der Waals surface area contributed by atoms with E-state index in [-0.39, 0.29) is 24.0 Å². The number of hydrogen-bond donors (Lipinski definition) is 1. The van der Waals surface area contributed by atoms with Crippen molar-refractivity contribution >= 4 is 29.9 Å². The summed E-state index contributed by atoms with van der Waals surface area (Å²) in [6, 6.07) is 0. The average Bonchev–Trinajstić information content (AvgIpc) is 3.23. The number of ether oxygens (including phenoxy) is 3. The summed E-state index contributed by atoms with van der Waals surface area (Å²) in [5, 5.41) is 3.37. The van der Waals surface area contributed by atoms with Gasteiger partial charge in [0.25, 0.3) is 0 Å². The second-order valence-electron chi connectivity index (χ2n) is 6.50. The molecule has 0 aliphatic carbocycles. The topological polar surface area (TPSA) is 55.3 Å². The van der Waals surface area contributed by atoms with E-state index >= 15 is 0 Å². The number of halogens is 1. The zero-order valence-corrected chi connectivity index (χ0v) is 17.5. The van der Waals surface area contributed by atoms with Gasteiger partial charge in [0.15, 0.2) is 5.96 Å². The maximum absolute atomic E-state index is 5.73. The standard InChI is InChI=1S/C17H33N3O3.HI/c1-3-18-17(20(2)11-15-5-9-22-12-15)19-7-4-8-21-13-16-6-10-23-14-16;/h15-16H,3-14H2,1-2H3,(H,18,19);1H. The maximum atomic E-state index is 5.73. The quantitative estimate of drug-likeness (QED) is 0.250. The van der Waals surface area contributed by atoms with Gasteiger partial charge in [0.1, 0.15) is 0 Å². The summed E-state index contributed by atoms with van der Waals surface area (Å²) < 4.78 is 16.5. The normalized spacial score (nSPS) is 24.0. The molecule has 2 saturated heterocycles. The zero-order chi connectivity index (χ0) is 16.3. The molecule has 2 atom stereocenters. The summed E-state index contributed by atoms with van der Waals surface area (Å²) >= 11 is 0. The molecule has 142 valence electrons. The number of aliphatic imine (C=N–C) groups is 1. The Kier molecular flexibility index (Phi) is 12.0. The SMILES string of the molecule is CCNC(=NCCCOCC1CCOC1)N(C)CC1CCOC1.I. The maximum Gasteiger partial charge on any atom is 0.193 e. The summed E-state index contributed by atoms with van der Waals surface area (Å²) in [6.45, 7) is 9.93. The molecular weight excluding hydrogens is 421 g/mol. The Morgan fingerprint density at radius 3 is 2.54 bits per heavy atom. The third-order valence-electron chi connectivity index (χ3n) is 4.34. The molecule has 0 aromatic carbocycles. The molecule has 0 amide bonds. The fraction of sp³-hybridized carbons (Fsp3) is 0.941. The lowest BCUT2D eigenvalue weighted by atomic mass is 10.1. The Bertz CT molecular complexity index is 346. The first-order valence-corrected chi connectivity index (χ1v) is 9.02. The molecule has 2 heterocycles. The number of rotatable bonds is 9. The lowest BCUT2D eigenvalue weighted by Gasteiger charge is -2.24. The number of nitrogens with zero attached hydrogens (tertiary/aromatic N) is 2. The number of hydrogen-bond acceptors (Lipinski definition) is 4. The van der Waals surface area contributed by atoms with Gasteiger partial charge in [-0.2, -0.15) is 0 Å². The molecule has 6 nitrogen and oxygen atoms in total. The predicted octanol–water partition coefficient (Wildman–Crippen LogP) is 1.98.